The van der Waals surface area contributed by atoms with E-state index in [0.717, 1.165) is 61.9 Å². The van der Waals surface area contributed by atoms with Crippen LogP contribution < -0.4 is 10.0 Å². The van der Waals surface area contributed by atoms with E-state index < -0.39 is 33.8 Å². The lowest BCUT2D eigenvalue weighted by Crippen LogP contribution is -2.35. The fourth-order valence-corrected chi connectivity index (χ4v) is 4.89. The zero-order valence-electron chi connectivity index (χ0n) is 15.3. The number of amides is 2. The molecule has 0 unspecified atom stereocenters. The number of sulfonamides is 1. The van der Waals surface area contributed by atoms with Gasteiger partial charge in [0.15, 0.2) is 5.03 Å². The molecule has 29 heavy (non-hydrogen) atoms. The van der Waals surface area contributed by atoms with Crippen LogP contribution in [-0.4, -0.2) is 30.4 Å². The summed E-state index contributed by atoms with van der Waals surface area (Å²) in [6, 6.07) is 2.14. The van der Waals surface area contributed by atoms with Gasteiger partial charge in [-0.15, -0.1) is 0 Å². The molecular formula is C18H19F3N4O3S. The molecule has 1 aromatic carbocycles. The van der Waals surface area contributed by atoms with Crippen molar-refractivity contribution >= 4 is 21.7 Å². The highest BCUT2D eigenvalue weighted by atomic mass is 32.2. The van der Waals surface area contributed by atoms with Crippen molar-refractivity contribution in [3.8, 4) is 0 Å². The Kier molecular flexibility index (Phi) is 4.80. The first-order chi connectivity index (χ1) is 13.6. The third kappa shape index (κ3) is 4.09. The Balaban J connectivity index is 1.52. The van der Waals surface area contributed by atoms with Gasteiger partial charge >= 0.3 is 12.2 Å². The number of rotatable bonds is 4. The van der Waals surface area contributed by atoms with Crippen LogP contribution in [0.3, 0.4) is 0 Å². The van der Waals surface area contributed by atoms with E-state index in [2.05, 4.69) is 16.5 Å². The molecule has 0 saturated heterocycles. The van der Waals surface area contributed by atoms with Gasteiger partial charge in [0.1, 0.15) is 6.54 Å². The molecule has 2 N–H and O–H groups in total. The molecular weight excluding hydrogens is 409 g/mol. The quantitative estimate of drug-likeness (QED) is 0.783. The second-order valence-corrected chi connectivity index (χ2v) is 8.89. The molecule has 1 aromatic heterocycles. The molecule has 2 aliphatic carbocycles. The van der Waals surface area contributed by atoms with Gasteiger partial charge in [-0.3, -0.25) is 4.68 Å². The van der Waals surface area contributed by atoms with E-state index in [0.29, 0.717) is 10.4 Å². The summed E-state index contributed by atoms with van der Waals surface area (Å²) in [6.07, 6.45) is 1.79. The maximum atomic E-state index is 12.4. The van der Waals surface area contributed by atoms with E-state index in [1.54, 1.807) is 0 Å². The number of benzene rings is 1. The molecule has 0 spiro atoms. The van der Waals surface area contributed by atoms with Crippen molar-refractivity contribution in [1.29, 1.82) is 0 Å². The number of halogens is 3. The van der Waals surface area contributed by atoms with E-state index in [-0.39, 0.29) is 0 Å². The van der Waals surface area contributed by atoms with Crippen molar-refractivity contribution in [3.05, 3.63) is 40.6 Å². The first-order valence-corrected chi connectivity index (χ1v) is 10.7. The van der Waals surface area contributed by atoms with E-state index in [1.165, 1.54) is 11.1 Å². The minimum Gasteiger partial charge on any atom is -0.307 e. The minimum absolute atomic E-state index is 0.462. The summed E-state index contributed by atoms with van der Waals surface area (Å²) in [5.41, 5.74) is 5.09. The average Bonchev–Trinajstić information content (AvgIpc) is 3.31. The molecule has 2 aliphatic rings. The van der Waals surface area contributed by atoms with E-state index in [1.807, 2.05) is 4.72 Å². The van der Waals surface area contributed by atoms with E-state index in [9.17, 15) is 26.4 Å². The summed E-state index contributed by atoms with van der Waals surface area (Å²) in [4.78, 5) is 12.4. The monoisotopic (exact) mass is 428 g/mol. The maximum absolute atomic E-state index is 12.4. The van der Waals surface area contributed by atoms with Crippen molar-refractivity contribution in [1.82, 2.24) is 14.5 Å². The number of anilines is 1. The summed E-state index contributed by atoms with van der Waals surface area (Å²) in [5.74, 6) is 0. The Morgan fingerprint density at radius 2 is 1.72 bits per heavy atom. The molecule has 1 heterocycles. The van der Waals surface area contributed by atoms with Gasteiger partial charge in [0.05, 0.1) is 0 Å². The van der Waals surface area contributed by atoms with Gasteiger partial charge in [-0.25, -0.2) is 9.52 Å². The smallest absolute Gasteiger partial charge is 0.307 e. The molecule has 2 aromatic rings. The maximum Gasteiger partial charge on any atom is 0.408 e. The summed E-state index contributed by atoms with van der Waals surface area (Å²) >= 11 is 0. The zero-order chi connectivity index (χ0) is 20.8. The van der Waals surface area contributed by atoms with Crippen LogP contribution in [-0.2, 0) is 42.3 Å². The number of alkyl halides is 3. The number of urea groups is 1. The molecule has 156 valence electrons. The topological polar surface area (TPSA) is 93.1 Å². The number of carbonyl (C=O) groups is 1. The number of nitrogens with zero attached hydrogens (tertiary/aromatic N) is 2. The van der Waals surface area contributed by atoms with Gasteiger partial charge in [-0.2, -0.15) is 26.7 Å². The van der Waals surface area contributed by atoms with Crippen LogP contribution in [0.5, 0.6) is 0 Å². The molecule has 0 bridgehead atoms. The van der Waals surface area contributed by atoms with Gasteiger partial charge in [-0.05, 0) is 66.8 Å². The van der Waals surface area contributed by atoms with Crippen molar-refractivity contribution in [2.24, 2.45) is 0 Å². The second kappa shape index (κ2) is 7.05. The van der Waals surface area contributed by atoms with Crippen molar-refractivity contribution in [3.63, 3.8) is 0 Å². The van der Waals surface area contributed by atoms with Crippen LogP contribution >= 0.6 is 0 Å². The fourth-order valence-electron chi connectivity index (χ4n) is 4.04. The van der Waals surface area contributed by atoms with Gasteiger partial charge in [0.2, 0.25) is 0 Å². The highest BCUT2D eigenvalue weighted by Gasteiger charge is 2.30. The summed E-state index contributed by atoms with van der Waals surface area (Å²) in [6.45, 7) is -1.42. The third-order valence-corrected chi connectivity index (χ3v) is 6.39. The predicted molar refractivity (Wildman–Crippen MR) is 98.1 cm³/mol. The Morgan fingerprint density at radius 3 is 2.31 bits per heavy atom. The van der Waals surface area contributed by atoms with Crippen LogP contribution in [0.15, 0.2) is 23.4 Å². The standard InChI is InChI=1S/C18H19F3N4O3S/c19-18(20,21)10-25-8-7-15(23-25)29(27,28)24-17(26)22-16-13-5-1-3-11(13)9-12-4-2-6-14(12)16/h7-9H,1-6,10H2,(H2,22,24,26). The lowest BCUT2D eigenvalue weighted by molar-refractivity contribution is -0.142. The van der Waals surface area contributed by atoms with E-state index in [4.69, 9.17) is 0 Å². The van der Waals surface area contributed by atoms with Crippen LogP contribution in [0.1, 0.15) is 35.1 Å². The Labute approximate surface area is 165 Å². The Hall–Kier alpha value is -2.56. The number of carbonyl (C=O) groups excluding carboxylic acids is 1. The first kappa shape index (κ1) is 19.7. The van der Waals surface area contributed by atoms with Crippen LogP contribution in [0.2, 0.25) is 0 Å². The minimum atomic E-state index is -4.54. The summed E-state index contributed by atoms with van der Waals surface area (Å²) in [5, 5.41) is 5.43. The highest BCUT2D eigenvalue weighted by Crippen LogP contribution is 2.38. The van der Waals surface area contributed by atoms with Gasteiger partial charge in [0.25, 0.3) is 10.0 Å². The predicted octanol–water partition coefficient (Wildman–Crippen LogP) is 2.93. The number of aromatic nitrogens is 2. The summed E-state index contributed by atoms with van der Waals surface area (Å²) in [7, 11) is -4.40. The third-order valence-electron chi connectivity index (χ3n) is 5.17. The SMILES string of the molecule is O=C(Nc1c2c(cc3c1CCC3)CCC2)NS(=O)(=O)c1ccn(CC(F)(F)F)n1. The molecule has 0 aliphatic heterocycles. The van der Waals surface area contributed by atoms with Crippen molar-refractivity contribution in [2.75, 3.05) is 5.32 Å². The molecule has 0 radical (unpaired) electrons. The van der Waals surface area contributed by atoms with Crippen LogP contribution in [0, 0.1) is 0 Å². The van der Waals surface area contributed by atoms with Crippen LogP contribution in [0.25, 0.3) is 0 Å². The molecule has 7 nitrogen and oxygen atoms in total. The molecule has 0 fully saturated rings. The van der Waals surface area contributed by atoms with Gasteiger partial charge < -0.3 is 5.32 Å². The number of aryl methyl sites for hydroxylation is 2. The second-order valence-electron chi connectivity index (χ2n) is 7.26. The number of hydrogen-bond acceptors (Lipinski definition) is 4. The Morgan fingerprint density at radius 1 is 1.10 bits per heavy atom. The molecule has 2 amide bonds. The average molecular weight is 428 g/mol. The fraction of sp³-hybridized carbons (Fsp3) is 0.444. The van der Waals surface area contributed by atoms with Gasteiger partial charge in [-0.1, -0.05) is 6.07 Å². The molecule has 4 rings (SSSR count). The lowest BCUT2D eigenvalue weighted by Gasteiger charge is -2.16. The largest absolute Gasteiger partial charge is 0.408 e. The zero-order valence-corrected chi connectivity index (χ0v) is 16.2. The molecule has 0 atom stereocenters. The lowest BCUT2D eigenvalue weighted by atomic mass is 9.99. The number of hydrogen-bond donors (Lipinski definition) is 2. The summed E-state index contributed by atoms with van der Waals surface area (Å²) < 4.78 is 64.3. The normalized spacial score (nSPS) is 15.8. The van der Waals surface area contributed by atoms with Gasteiger partial charge in [0, 0.05) is 11.9 Å². The van der Waals surface area contributed by atoms with E-state index >= 15 is 0 Å². The molecule has 0 saturated carbocycles. The highest BCUT2D eigenvalue weighted by molar-refractivity contribution is 7.90. The van der Waals surface area contributed by atoms with Crippen LogP contribution in [0.4, 0.5) is 23.7 Å². The van der Waals surface area contributed by atoms with Crippen molar-refractivity contribution in [2.45, 2.75) is 56.3 Å². The number of nitrogens with one attached hydrogen (secondary N) is 2. The first-order valence-electron chi connectivity index (χ1n) is 9.23. The Bertz CT molecular complexity index is 1040. The molecule has 11 heteroatoms. The van der Waals surface area contributed by atoms with Crippen molar-refractivity contribution < 1.29 is 26.4 Å². The number of fused-ring (bicyclic) bond motifs is 2.